The normalized spacial score (nSPS) is 11.0. The van der Waals surface area contributed by atoms with Gasteiger partial charge in [-0.3, -0.25) is 0 Å². The molecule has 9 nitrogen and oxygen atoms in total. The van der Waals surface area contributed by atoms with Gasteiger partial charge < -0.3 is 29.2 Å². The molecule has 0 aliphatic rings. The van der Waals surface area contributed by atoms with Crippen LogP contribution in [0.4, 0.5) is 11.5 Å². The number of nitrogens with one attached hydrogen (secondary N) is 2. The largest absolute Gasteiger partial charge is 0.493 e. The number of rotatable bonds is 7. The molecular weight excluding hydrogens is 422 g/mol. The van der Waals surface area contributed by atoms with E-state index in [-0.39, 0.29) is 0 Å². The maximum absolute atomic E-state index is 5.42. The zero-order valence-corrected chi connectivity index (χ0v) is 18.7. The molecule has 0 aliphatic heterocycles. The Hall–Kier alpha value is -4.40. The average molecular weight is 445 g/mol. The van der Waals surface area contributed by atoms with Crippen LogP contribution in [0, 0.1) is 0 Å². The summed E-state index contributed by atoms with van der Waals surface area (Å²) in [5, 5.41) is 9.05. The molecule has 0 spiro atoms. The van der Waals surface area contributed by atoms with Gasteiger partial charge in [-0.2, -0.15) is 0 Å². The van der Waals surface area contributed by atoms with Gasteiger partial charge >= 0.3 is 0 Å². The molecule has 2 aromatic carbocycles. The third-order valence-electron chi connectivity index (χ3n) is 5.42. The number of fused-ring (bicyclic) bond motifs is 2. The first kappa shape index (κ1) is 20.5. The topological polar surface area (TPSA) is 94.9 Å². The van der Waals surface area contributed by atoms with Crippen molar-refractivity contribution in [2.24, 2.45) is 0 Å². The van der Waals surface area contributed by atoms with E-state index in [0.29, 0.717) is 28.8 Å². The van der Waals surface area contributed by atoms with Crippen LogP contribution in [-0.2, 0) is 0 Å². The fourth-order valence-corrected chi connectivity index (χ4v) is 3.78. The van der Waals surface area contributed by atoms with Crippen molar-refractivity contribution in [3.05, 3.63) is 54.7 Å². The summed E-state index contributed by atoms with van der Waals surface area (Å²) in [4.78, 5) is 7.92. The average Bonchev–Trinajstić information content (AvgIpc) is 3.45. The van der Waals surface area contributed by atoms with E-state index in [9.17, 15) is 0 Å². The van der Waals surface area contributed by atoms with Crippen LogP contribution < -0.4 is 24.3 Å². The van der Waals surface area contributed by atoms with Crippen molar-refractivity contribution in [3.63, 3.8) is 0 Å². The van der Waals surface area contributed by atoms with Crippen LogP contribution in [0.2, 0.25) is 0 Å². The summed E-state index contributed by atoms with van der Waals surface area (Å²) in [6.45, 7) is 0. The summed E-state index contributed by atoms with van der Waals surface area (Å²) in [6.07, 6.45) is 1.79. The highest BCUT2D eigenvalue weighted by Gasteiger charge is 2.14. The third kappa shape index (κ3) is 3.63. The number of H-pyrrole nitrogens is 1. The van der Waals surface area contributed by atoms with E-state index in [0.717, 1.165) is 33.6 Å². The second-order valence-corrected chi connectivity index (χ2v) is 7.30. The molecule has 5 rings (SSSR count). The first-order valence-corrected chi connectivity index (χ1v) is 10.2. The fraction of sp³-hybridized carbons (Fsp3) is 0.167. The fourth-order valence-electron chi connectivity index (χ4n) is 3.78. The number of hydrogen-bond donors (Lipinski definition) is 2. The van der Waals surface area contributed by atoms with Crippen molar-refractivity contribution < 1.29 is 18.9 Å². The minimum absolute atomic E-state index is 0.635. The number of aromatic nitrogens is 4. The third-order valence-corrected chi connectivity index (χ3v) is 5.42. The highest BCUT2D eigenvalue weighted by molar-refractivity contribution is 5.88. The van der Waals surface area contributed by atoms with E-state index in [1.54, 1.807) is 39.2 Å². The Kier molecular flexibility index (Phi) is 5.14. The van der Waals surface area contributed by atoms with Crippen LogP contribution >= 0.6 is 0 Å². The van der Waals surface area contributed by atoms with E-state index < -0.39 is 0 Å². The number of hydrogen-bond acceptors (Lipinski definition) is 7. The minimum atomic E-state index is 0.635. The molecule has 0 saturated heterocycles. The smallest absolute Gasteiger partial charge is 0.162 e. The van der Waals surface area contributed by atoms with Crippen molar-refractivity contribution in [3.8, 4) is 34.4 Å². The summed E-state index contributed by atoms with van der Waals surface area (Å²) in [6, 6.07) is 15.3. The number of anilines is 2. The summed E-state index contributed by atoms with van der Waals surface area (Å²) >= 11 is 0. The predicted molar refractivity (Wildman–Crippen MR) is 126 cm³/mol. The van der Waals surface area contributed by atoms with Gasteiger partial charge in [0.1, 0.15) is 5.69 Å². The lowest BCUT2D eigenvalue weighted by molar-refractivity contribution is 0.355. The van der Waals surface area contributed by atoms with Gasteiger partial charge in [0.15, 0.2) is 34.5 Å². The number of imidazole rings is 1. The van der Waals surface area contributed by atoms with Gasteiger partial charge in [0.25, 0.3) is 0 Å². The molecule has 2 N–H and O–H groups in total. The number of benzene rings is 2. The molecule has 0 bridgehead atoms. The Labute approximate surface area is 189 Å². The highest BCUT2D eigenvalue weighted by Crippen LogP contribution is 2.35. The van der Waals surface area contributed by atoms with Crippen LogP contribution in [0.25, 0.3) is 27.9 Å². The van der Waals surface area contributed by atoms with E-state index in [1.165, 1.54) is 0 Å². The van der Waals surface area contributed by atoms with Gasteiger partial charge in [0.05, 0.1) is 40.3 Å². The molecule has 0 saturated carbocycles. The monoisotopic (exact) mass is 445 g/mol. The minimum Gasteiger partial charge on any atom is -0.493 e. The lowest BCUT2D eigenvalue weighted by Gasteiger charge is -2.11. The van der Waals surface area contributed by atoms with Gasteiger partial charge in [0.2, 0.25) is 0 Å². The van der Waals surface area contributed by atoms with Gasteiger partial charge in [-0.25, -0.2) is 9.50 Å². The lowest BCUT2D eigenvalue weighted by Crippen LogP contribution is -2.01. The van der Waals surface area contributed by atoms with Gasteiger partial charge in [-0.05, 0) is 36.4 Å². The Morgan fingerprint density at radius 2 is 1.52 bits per heavy atom. The molecule has 0 radical (unpaired) electrons. The van der Waals surface area contributed by atoms with Gasteiger partial charge in [0, 0.05) is 28.7 Å². The molecule has 9 heteroatoms. The SMILES string of the molecule is COc1ccc(Nc2ccc3ncc(-c4cc5cc(OC)c(OC)cc5[nH]4)n3n2)cc1OC. The summed E-state index contributed by atoms with van der Waals surface area (Å²) < 4.78 is 23.3. The number of aromatic amines is 1. The first-order chi connectivity index (χ1) is 16.1. The standard InChI is InChI=1S/C24H23N5O4/c1-30-19-6-5-15(11-21(19)32-3)26-23-7-8-24-25-13-18(29(24)28-23)17-9-14-10-20(31-2)22(33-4)12-16(14)27-17/h5-13,27H,1-4H3,(H,26,28). The van der Waals surface area contributed by atoms with Crippen molar-refractivity contribution in [2.45, 2.75) is 0 Å². The summed E-state index contributed by atoms with van der Waals surface area (Å²) in [5.41, 5.74) is 4.19. The number of nitrogens with zero attached hydrogens (tertiary/aromatic N) is 3. The van der Waals surface area contributed by atoms with Crippen molar-refractivity contribution in [1.29, 1.82) is 0 Å². The summed E-state index contributed by atoms with van der Waals surface area (Å²) in [5.74, 6) is 3.30. The van der Waals surface area contributed by atoms with Crippen LogP contribution in [0.1, 0.15) is 0 Å². The Morgan fingerprint density at radius 3 is 2.27 bits per heavy atom. The molecule has 0 fully saturated rings. The Morgan fingerprint density at radius 1 is 0.788 bits per heavy atom. The molecule has 3 heterocycles. The van der Waals surface area contributed by atoms with Crippen molar-refractivity contribution in [2.75, 3.05) is 33.8 Å². The molecule has 168 valence electrons. The molecular formula is C24H23N5O4. The van der Waals surface area contributed by atoms with Crippen molar-refractivity contribution in [1.82, 2.24) is 19.6 Å². The molecule has 0 aliphatic carbocycles. The number of methoxy groups -OCH3 is 4. The zero-order valence-electron chi connectivity index (χ0n) is 18.7. The van der Waals surface area contributed by atoms with Crippen molar-refractivity contribution >= 4 is 28.1 Å². The second-order valence-electron chi connectivity index (χ2n) is 7.30. The van der Waals surface area contributed by atoms with Crippen LogP contribution in [-0.4, -0.2) is 48.0 Å². The molecule has 0 amide bonds. The Bertz CT molecular complexity index is 1420. The summed E-state index contributed by atoms with van der Waals surface area (Å²) in [7, 11) is 6.46. The molecule has 0 unspecified atom stereocenters. The molecule has 5 aromatic rings. The molecule has 3 aromatic heterocycles. The Balaban J connectivity index is 1.52. The van der Waals surface area contributed by atoms with Crippen LogP contribution in [0.3, 0.4) is 0 Å². The predicted octanol–water partition coefficient (Wildman–Crippen LogP) is 4.66. The second kappa shape index (κ2) is 8.27. The lowest BCUT2D eigenvalue weighted by atomic mass is 10.2. The highest BCUT2D eigenvalue weighted by atomic mass is 16.5. The van der Waals surface area contributed by atoms with Gasteiger partial charge in [-0.1, -0.05) is 0 Å². The van der Waals surface area contributed by atoms with E-state index in [2.05, 4.69) is 15.3 Å². The van der Waals surface area contributed by atoms with E-state index in [4.69, 9.17) is 24.0 Å². The van der Waals surface area contributed by atoms with Crippen LogP contribution in [0.5, 0.6) is 23.0 Å². The molecule has 33 heavy (non-hydrogen) atoms. The zero-order chi connectivity index (χ0) is 22.9. The maximum atomic E-state index is 5.42. The van der Waals surface area contributed by atoms with E-state index >= 15 is 0 Å². The van der Waals surface area contributed by atoms with E-state index in [1.807, 2.05) is 48.5 Å². The van der Waals surface area contributed by atoms with Gasteiger partial charge in [-0.15, -0.1) is 5.10 Å². The maximum Gasteiger partial charge on any atom is 0.162 e. The van der Waals surface area contributed by atoms with Crippen LogP contribution in [0.15, 0.2) is 54.7 Å². The molecule has 0 atom stereocenters. The first-order valence-electron chi connectivity index (χ1n) is 10.2. The number of ether oxygens (including phenoxy) is 4. The quantitative estimate of drug-likeness (QED) is 0.376.